The van der Waals surface area contributed by atoms with E-state index >= 15 is 0 Å². The van der Waals surface area contributed by atoms with Gasteiger partial charge in [-0.25, -0.2) is 13.1 Å². The number of sulfonamides is 1. The molecular weight excluding hydrogens is 442 g/mol. The Bertz CT molecular complexity index is 950. The van der Waals surface area contributed by atoms with Gasteiger partial charge in [-0.1, -0.05) is 12.1 Å². The van der Waals surface area contributed by atoms with Crippen LogP contribution in [-0.4, -0.2) is 34.0 Å². The number of hydrogen-bond acceptors (Lipinski definition) is 4. The number of rotatable bonds is 6. The number of amides is 1. The summed E-state index contributed by atoms with van der Waals surface area (Å²) >= 11 is 3.33. The molecule has 0 atom stereocenters. The van der Waals surface area contributed by atoms with Crippen molar-refractivity contribution in [3.63, 3.8) is 0 Å². The molecule has 0 aliphatic rings. The van der Waals surface area contributed by atoms with Crippen LogP contribution in [0.1, 0.15) is 36.7 Å². The number of nitrogens with one attached hydrogen (secondary N) is 2. The van der Waals surface area contributed by atoms with Crippen LogP contribution in [-0.2, 0) is 16.6 Å². The minimum Gasteiger partial charge on any atom is -0.378 e. The second-order valence-corrected chi connectivity index (χ2v) is 10.3. The van der Waals surface area contributed by atoms with Crippen molar-refractivity contribution in [2.24, 2.45) is 0 Å². The Morgan fingerprint density at radius 2 is 1.68 bits per heavy atom. The van der Waals surface area contributed by atoms with E-state index in [2.05, 4.69) is 26.0 Å². The minimum atomic E-state index is -3.73. The van der Waals surface area contributed by atoms with E-state index in [-0.39, 0.29) is 16.4 Å². The average molecular weight is 468 g/mol. The van der Waals surface area contributed by atoms with Crippen molar-refractivity contribution in [1.29, 1.82) is 0 Å². The third-order valence-corrected chi connectivity index (χ3v) is 6.29. The topological polar surface area (TPSA) is 78.5 Å². The number of benzene rings is 2. The standard InChI is InChI=1S/C20H26BrN3O3S/c1-20(2,3)23-28(26,27)16-10-11-18(21)17(12-16)19(25)22-13-14-6-8-15(9-7-14)24(4)5/h6-12,23H,13H2,1-5H3,(H,22,25). The molecule has 0 heterocycles. The molecule has 2 N–H and O–H groups in total. The molecule has 0 aromatic heterocycles. The highest BCUT2D eigenvalue weighted by atomic mass is 79.9. The molecule has 0 fully saturated rings. The van der Waals surface area contributed by atoms with E-state index in [0.717, 1.165) is 11.3 Å². The molecule has 152 valence electrons. The fourth-order valence-electron chi connectivity index (χ4n) is 2.50. The Labute approximate surface area is 175 Å². The third kappa shape index (κ3) is 6.05. The molecule has 0 aliphatic carbocycles. The Hall–Kier alpha value is -1.90. The lowest BCUT2D eigenvalue weighted by molar-refractivity contribution is 0.0950. The van der Waals surface area contributed by atoms with Crippen molar-refractivity contribution < 1.29 is 13.2 Å². The van der Waals surface area contributed by atoms with E-state index in [1.54, 1.807) is 26.8 Å². The van der Waals surface area contributed by atoms with E-state index in [9.17, 15) is 13.2 Å². The first-order valence-electron chi connectivity index (χ1n) is 8.77. The predicted molar refractivity (Wildman–Crippen MR) is 116 cm³/mol. The van der Waals surface area contributed by atoms with Gasteiger partial charge in [-0.3, -0.25) is 4.79 Å². The molecule has 28 heavy (non-hydrogen) atoms. The zero-order chi connectivity index (χ0) is 21.1. The molecule has 2 aromatic carbocycles. The van der Waals surface area contributed by atoms with E-state index < -0.39 is 15.6 Å². The van der Waals surface area contributed by atoms with Crippen molar-refractivity contribution in [2.75, 3.05) is 19.0 Å². The van der Waals surface area contributed by atoms with Gasteiger partial charge in [0.25, 0.3) is 5.91 Å². The largest absolute Gasteiger partial charge is 0.378 e. The zero-order valence-electron chi connectivity index (χ0n) is 16.7. The smallest absolute Gasteiger partial charge is 0.252 e. The van der Waals surface area contributed by atoms with Gasteiger partial charge in [0.2, 0.25) is 10.0 Å². The number of halogens is 1. The summed E-state index contributed by atoms with van der Waals surface area (Å²) in [6, 6.07) is 12.2. The molecule has 8 heteroatoms. The second-order valence-electron chi connectivity index (χ2n) is 7.74. The summed E-state index contributed by atoms with van der Waals surface area (Å²) in [6.07, 6.45) is 0. The van der Waals surface area contributed by atoms with Gasteiger partial charge in [-0.15, -0.1) is 0 Å². The molecule has 0 aliphatic heterocycles. The zero-order valence-corrected chi connectivity index (χ0v) is 19.1. The van der Waals surface area contributed by atoms with Crippen LogP contribution in [0.2, 0.25) is 0 Å². The molecule has 2 rings (SSSR count). The first-order valence-corrected chi connectivity index (χ1v) is 11.0. The van der Waals surface area contributed by atoms with E-state index in [4.69, 9.17) is 0 Å². The highest BCUT2D eigenvalue weighted by Gasteiger charge is 2.23. The molecule has 2 aromatic rings. The van der Waals surface area contributed by atoms with Gasteiger partial charge in [-0.05, 0) is 72.6 Å². The predicted octanol–water partition coefficient (Wildman–Crippen LogP) is 3.52. The SMILES string of the molecule is CN(C)c1ccc(CNC(=O)c2cc(S(=O)(=O)NC(C)(C)C)ccc2Br)cc1. The monoisotopic (exact) mass is 467 g/mol. The summed E-state index contributed by atoms with van der Waals surface area (Å²) in [4.78, 5) is 14.7. The Morgan fingerprint density at radius 3 is 2.21 bits per heavy atom. The molecule has 6 nitrogen and oxygen atoms in total. The maximum Gasteiger partial charge on any atom is 0.252 e. The molecule has 0 saturated carbocycles. The summed E-state index contributed by atoms with van der Waals surface area (Å²) in [7, 11) is 0.198. The lowest BCUT2D eigenvalue weighted by atomic mass is 10.1. The van der Waals surface area contributed by atoms with Crippen molar-refractivity contribution in [1.82, 2.24) is 10.0 Å². The normalized spacial score (nSPS) is 11.9. The second kappa shape index (κ2) is 8.63. The Balaban J connectivity index is 2.17. The van der Waals surface area contributed by atoms with Crippen molar-refractivity contribution in [3.05, 3.63) is 58.1 Å². The summed E-state index contributed by atoms with van der Waals surface area (Å²) < 4.78 is 28.2. The van der Waals surface area contributed by atoms with Gasteiger partial charge >= 0.3 is 0 Å². The molecule has 0 spiro atoms. The lowest BCUT2D eigenvalue weighted by Crippen LogP contribution is -2.40. The number of carbonyl (C=O) groups excluding carboxylic acids is 1. The van der Waals surface area contributed by atoms with E-state index in [0.29, 0.717) is 11.0 Å². The fourth-order valence-corrected chi connectivity index (χ4v) is 4.37. The molecule has 0 radical (unpaired) electrons. The van der Waals surface area contributed by atoms with Crippen LogP contribution < -0.4 is 14.9 Å². The van der Waals surface area contributed by atoms with Crippen molar-refractivity contribution >= 4 is 37.5 Å². The summed E-state index contributed by atoms with van der Waals surface area (Å²) in [5.74, 6) is -0.351. The fraction of sp³-hybridized carbons (Fsp3) is 0.350. The summed E-state index contributed by atoms with van der Waals surface area (Å²) in [5.41, 5.74) is 1.67. The van der Waals surface area contributed by atoms with Crippen LogP contribution >= 0.6 is 15.9 Å². The first-order chi connectivity index (χ1) is 12.9. The number of hydrogen-bond donors (Lipinski definition) is 2. The third-order valence-electron chi connectivity index (χ3n) is 3.84. The van der Waals surface area contributed by atoms with Crippen LogP contribution in [0.15, 0.2) is 51.8 Å². The van der Waals surface area contributed by atoms with Gasteiger partial charge in [-0.2, -0.15) is 0 Å². The summed E-state index contributed by atoms with van der Waals surface area (Å²) in [6.45, 7) is 5.63. The van der Waals surface area contributed by atoms with Gasteiger partial charge in [0, 0.05) is 36.3 Å². The minimum absolute atomic E-state index is 0.0473. The highest BCUT2D eigenvalue weighted by molar-refractivity contribution is 9.10. The van der Waals surface area contributed by atoms with Crippen LogP contribution in [0.3, 0.4) is 0 Å². The molecule has 0 unspecified atom stereocenters. The number of anilines is 1. The van der Waals surface area contributed by atoms with E-state index in [1.807, 2.05) is 43.3 Å². The first kappa shape index (κ1) is 22.4. The van der Waals surface area contributed by atoms with Gasteiger partial charge in [0.1, 0.15) is 0 Å². The maximum absolute atomic E-state index is 12.6. The van der Waals surface area contributed by atoms with E-state index in [1.165, 1.54) is 12.1 Å². The molecule has 1 amide bonds. The van der Waals surface area contributed by atoms with Crippen LogP contribution in [0.4, 0.5) is 5.69 Å². The van der Waals surface area contributed by atoms with Crippen LogP contribution in [0.25, 0.3) is 0 Å². The number of nitrogens with zero attached hydrogens (tertiary/aromatic N) is 1. The Kier molecular flexibility index (Phi) is 6.90. The molecule has 0 saturated heterocycles. The highest BCUT2D eigenvalue weighted by Crippen LogP contribution is 2.22. The number of carbonyl (C=O) groups is 1. The van der Waals surface area contributed by atoms with Crippen LogP contribution in [0, 0.1) is 0 Å². The maximum atomic E-state index is 12.6. The van der Waals surface area contributed by atoms with Gasteiger partial charge in [0.15, 0.2) is 0 Å². The van der Waals surface area contributed by atoms with Crippen molar-refractivity contribution in [2.45, 2.75) is 37.8 Å². The van der Waals surface area contributed by atoms with Crippen LogP contribution in [0.5, 0.6) is 0 Å². The van der Waals surface area contributed by atoms with Gasteiger partial charge < -0.3 is 10.2 Å². The van der Waals surface area contributed by atoms with Gasteiger partial charge in [0.05, 0.1) is 10.5 Å². The molecule has 0 bridgehead atoms. The average Bonchev–Trinajstić information content (AvgIpc) is 2.58. The quantitative estimate of drug-likeness (QED) is 0.680. The van der Waals surface area contributed by atoms with Crippen molar-refractivity contribution in [3.8, 4) is 0 Å². The summed E-state index contributed by atoms with van der Waals surface area (Å²) in [5, 5.41) is 2.83. The lowest BCUT2D eigenvalue weighted by Gasteiger charge is -2.20. The molecular formula is C20H26BrN3O3S. The Morgan fingerprint density at radius 1 is 1.07 bits per heavy atom.